The molecule has 0 radical (unpaired) electrons. The molecular weight excluding hydrogens is 354 g/mol. The van der Waals surface area contributed by atoms with Gasteiger partial charge in [-0.2, -0.15) is 5.10 Å². The summed E-state index contributed by atoms with van der Waals surface area (Å²) in [6.07, 6.45) is 2.23. The van der Waals surface area contributed by atoms with E-state index in [1.165, 1.54) is 0 Å². The average Bonchev–Trinajstić information content (AvgIpc) is 3.30. The Morgan fingerprint density at radius 3 is 2.86 bits per heavy atom. The summed E-state index contributed by atoms with van der Waals surface area (Å²) in [5.41, 5.74) is 1.78. The Labute approximate surface area is 164 Å². The Balaban J connectivity index is 1.77. The minimum atomic E-state index is 0.00308. The van der Waals surface area contributed by atoms with E-state index in [-0.39, 0.29) is 17.7 Å². The number of likely N-dealkylation sites (tertiary alicyclic amines) is 1. The first-order valence-corrected chi connectivity index (χ1v) is 9.66. The lowest BCUT2D eigenvalue weighted by molar-refractivity contribution is -0.128. The predicted octanol–water partition coefficient (Wildman–Crippen LogP) is 2.90. The van der Waals surface area contributed by atoms with E-state index in [0.717, 1.165) is 28.2 Å². The molecule has 28 heavy (non-hydrogen) atoms. The lowest BCUT2D eigenvalue weighted by atomic mass is 10.1. The third-order valence-corrected chi connectivity index (χ3v) is 5.15. The number of carbonyl (C=O) groups excluding carboxylic acids is 1. The first kappa shape index (κ1) is 18.6. The zero-order chi connectivity index (χ0) is 19.7. The van der Waals surface area contributed by atoms with Gasteiger partial charge in [-0.1, -0.05) is 32.0 Å². The molecule has 1 aliphatic rings. The van der Waals surface area contributed by atoms with Crippen LogP contribution in [0.5, 0.6) is 0 Å². The van der Waals surface area contributed by atoms with Crippen molar-refractivity contribution < 1.29 is 9.53 Å². The van der Waals surface area contributed by atoms with Gasteiger partial charge < -0.3 is 9.64 Å². The van der Waals surface area contributed by atoms with E-state index in [2.05, 4.69) is 18.8 Å². The number of rotatable bonds is 6. The van der Waals surface area contributed by atoms with E-state index in [4.69, 9.17) is 14.8 Å². The molecule has 4 rings (SSSR count). The summed E-state index contributed by atoms with van der Waals surface area (Å²) in [5.74, 6) is 1.95. The lowest BCUT2D eigenvalue weighted by Crippen LogP contribution is -2.28. The normalized spacial score (nSPS) is 17.2. The largest absolute Gasteiger partial charge is 0.383 e. The maximum Gasteiger partial charge on any atom is 0.223 e. The smallest absolute Gasteiger partial charge is 0.223 e. The molecule has 0 saturated carbocycles. The highest BCUT2D eigenvalue weighted by Gasteiger charge is 2.34. The van der Waals surface area contributed by atoms with Gasteiger partial charge >= 0.3 is 0 Å². The van der Waals surface area contributed by atoms with Gasteiger partial charge in [0.05, 0.1) is 17.8 Å². The second-order valence-electron chi connectivity index (χ2n) is 7.48. The molecule has 1 aromatic carbocycles. The first-order chi connectivity index (χ1) is 13.6. The second-order valence-corrected chi connectivity index (χ2v) is 7.48. The number of benzene rings is 1. The van der Waals surface area contributed by atoms with E-state index in [1.807, 2.05) is 39.9 Å². The molecule has 7 nitrogen and oxygen atoms in total. The summed E-state index contributed by atoms with van der Waals surface area (Å²) >= 11 is 0. The van der Waals surface area contributed by atoms with Crippen molar-refractivity contribution in [3.8, 4) is 5.69 Å². The number of aromatic nitrogens is 4. The number of ether oxygens (including phenoxy) is 1. The molecule has 0 N–H and O–H groups in total. The Hall–Kier alpha value is -2.80. The molecule has 3 heterocycles. The molecule has 7 heteroatoms. The van der Waals surface area contributed by atoms with Crippen molar-refractivity contribution in [3.05, 3.63) is 48.2 Å². The van der Waals surface area contributed by atoms with E-state index in [9.17, 15) is 4.79 Å². The Morgan fingerprint density at radius 2 is 2.07 bits per heavy atom. The molecular formula is C21H25N5O2. The minimum absolute atomic E-state index is 0.00308. The van der Waals surface area contributed by atoms with Gasteiger partial charge in [-0.25, -0.2) is 9.67 Å². The number of pyridine rings is 1. The number of hydrogen-bond donors (Lipinski definition) is 0. The van der Waals surface area contributed by atoms with Crippen LogP contribution in [0.3, 0.4) is 0 Å². The van der Waals surface area contributed by atoms with Crippen LogP contribution in [-0.4, -0.2) is 57.4 Å². The topological polar surface area (TPSA) is 73.1 Å². The standard InChI is InChI=1S/C21H25N5O2/c1-14(2)20-23-21(16-12-18(27)25(13-16)10-11-28-3)26(24-20)17-8-4-6-15-7-5-9-22-19(15)17/h4-9,14,16H,10-13H2,1-3H3/t16-/m0/s1. The van der Waals surface area contributed by atoms with Crippen LogP contribution in [0.4, 0.5) is 0 Å². The second kappa shape index (κ2) is 7.67. The Bertz CT molecular complexity index is 992. The van der Waals surface area contributed by atoms with Crippen molar-refractivity contribution in [2.24, 2.45) is 0 Å². The van der Waals surface area contributed by atoms with Crippen LogP contribution >= 0.6 is 0 Å². The molecule has 1 fully saturated rings. The fraction of sp³-hybridized carbons (Fsp3) is 0.429. The predicted molar refractivity (Wildman–Crippen MR) is 107 cm³/mol. The number of hydrogen-bond acceptors (Lipinski definition) is 5. The van der Waals surface area contributed by atoms with Crippen molar-refractivity contribution >= 4 is 16.8 Å². The molecule has 0 unspecified atom stereocenters. The molecule has 1 amide bonds. The molecule has 1 atom stereocenters. The van der Waals surface area contributed by atoms with Crippen LogP contribution in [0.2, 0.25) is 0 Å². The van der Waals surface area contributed by atoms with E-state index >= 15 is 0 Å². The zero-order valence-electron chi connectivity index (χ0n) is 16.5. The quantitative estimate of drug-likeness (QED) is 0.658. The summed E-state index contributed by atoms with van der Waals surface area (Å²) in [6.45, 7) is 5.93. The molecule has 0 aliphatic carbocycles. The number of nitrogens with zero attached hydrogens (tertiary/aromatic N) is 5. The monoisotopic (exact) mass is 379 g/mol. The van der Waals surface area contributed by atoms with Crippen molar-refractivity contribution in [1.29, 1.82) is 0 Å². The van der Waals surface area contributed by atoms with Crippen LogP contribution in [0.15, 0.2) is 36.5 Å². The Morgan fingerprint density at radius 1 is 1.25 bits per heavy atom. The zero-order valence-corrected chi connectivity index (χ0v) is 16.5. The molecule has 0 spiro atoms. The molecule has 3 aromatic rings. The summed E-state index contributed by atoms with van der Waals surface area (Å²) in [5, 5.41) is 5.85. The van der Waals surface area contributed by atoms with E-state index < -0.39 is 0 Å². The van der Waals surface area contributed by atoms with Crippen LogP contribution in [0, 0.1) is 0 Å². The molecule has 0 bridgehead atoms. The highest BCUT2D eigenvalue weighted by Crippen LogP contribution is 2.31. The number of carbonyl (C=O) groups is 1. The SMILES string of the molecule is COCCN1C[C@@H](c2nc(C(C)C)nn2-c2cccc3cccnc23)CC1=O. The maximum absolute atomic E-state index is 12.5. The van der Waals surface area contributed by atoms with Gasteiger partial charge in [0.2, 0.25) is 5.91 Å². The van der Waals surface area contributed by atoms with Crippen molar-refractivity contribution in [3.63, 3.8) is 0 Å². The van der Waals surface area contributed by atoms with Crippen LogP contribution in [0.25, 0.3) is 16.6 Å². The summed E-state index contributed by atoms with van der Waals surface area (Å²) in [4.78, 5) is 23.7. The highest BCUT2D eigenvalue weighted by atomic mass is 16.5. The van der Waals surface area contributed by atoms with Crippen molar-refractivity contribution in [2.45, 2.75) is 32.1 Å². The Kier molecular flexibility index (Phi) is 5.09. The van der Waals surface area contributed by atoms with Gasteiger partial charge in [0.1, 0.15) is 5.82 Å². The van der Waals surface area contributed by atoms with Crippen LogP contribution in [0.1, 0.15) is 43.8 Å². The average molecular weight is 379 g/mol. The lowest BCUT2D eigenvalue weighted by Gasteiger charge is -2.16. The molecule has 1 saturated heterocycles. The summed E-state index contributed by atoms with van der Waals surface area (Å²) < 4.78 is 7.03. The fourth-order valence-corrected chi connectivity index (χ4v) is 3.65. The number of methoxy groups -OCH3 is 1. The minimum Gasteiger partial charge on any atom is -0.383 e. The number of amides is 1. The molecule has 2 aromatic heterocycles. The van der Waals surface area contributed by atoms with Gasteiger partial charge in [0.15, 0.2) is 5.82 Å². The van der Waals surface area contributed by atoms with Crippen molar-refractivity contribution in [1.82, 2.24) is 24.6 Å². The highest BCUT2D eigenvalue weighted by molar-refractivity contribution is 5.86. The number of fused-ring (bicyclic) bond motifs is 1. The van der Waals surface area contributed by atoms with Gasteiger partial charge in [0, 0.05) is 50.0 Å². The third kappa shape index (κ3) is 3.38. The van der Waals surface area contributed by atoms with Gasteiger partial charge in [-0.3, -0.25) is 9.78 Å². The third-order valence-electron chi connectivity index (χ3n) is 5.15. The summed E-state index contributed by atoms with van der Waals surface area (Å²) in [6, 6.07) is 10.0. The van der Waals surface area contributed by atoms with E-state index in [0.29, 0.717) is 26.1 Å². The first-order valence-electron chi connectivity index (χ1n) is 9.66. The maximum atomic E-state index is 12.5. The van der Waals surface area contributed by atoms with Crippen LogP contribution < -0.4 is 0 Å². The van der Waals surface area contributed by atoms with Gasteiger partial charge in [-0.05, 0) is 12.1 Å². The fourth-order valence-electron chi connectivity index (χ4n) is 3.65. The summed E-state index contributed by atoms with van der Waals surface area (Å²) in [7, 11) is 1.65. The van der Waals surface area contributed by atoms with Crippen LogP contribution in [-0.2, 0) is 9.53 Å². The molecule has 146 valence electrons. The van der Waals surface area contributed by atoms with E-state index in [1.54, 1.807) is 13.3 Å². The van der Waals surface area contributed by atoms with Gasteiger partial charge in [-0.15, -0.1) is 0 Å². The van der Waals surface area contributed by atoms with Crippen molar-refractivity contribution in [2.75, 3.05) is 26.8 Å². The molecule has 1 aliphatic heterocycles. The van der Waals surface area contributed by atoms with Gasteiger partial charge in [0.25, 0.3) is 0 Å². The number of para-hydroxylation sites is 1.